The van der Waals surface area contributed by atoms with Gasteiger partial charge in [-0.25, -0.2) is 4.79 Å². The number of anilines is 1. The maximum absolute atomic E-state index is 13.4. The molecule has 270 valence electrons. The molecular formula is C39H47ClN5O5S+. The van der Waals surface area contributed by atoms with E-state index in [1.54, 1.807) is 30.0 Å². The molecule has 12 heteroatoms. The summed E-state index contributed by atoms with van der Waals surface area (Å²) in [4.78, 5) is 41.3. The Bertz CT molecular complexity index is 1860. The molecule has 10 nitrogen and oxygen atoms in total. The molecule has 0 spiro atoms. The highest BCUT2D eigenvalue weighted by atomic mass is 35.5. The van der Waals surface area contributed by atoms with Crippen molar-refractivity contribution in [3.63, 3.8) is 0 Å². The molecule has 2 heterocycles. The molecule has 1 aliphatic heterocycles. The number of fused-ring (bicyclic) bond motifs is 1. The fraction of sp³-hybridized carbons (Fsp3) is 0.385. The summed E-state index contributed by atoms with van der Waals surface area (Å²) in [7, 11) is 6.30. The number of carboxylic acid groups (broad SMARTS) is 1. The summed E-state index contributed by atoms with van der Waals surface area (Å²) in [6, 6.07) is 17.8. The van der Waals surface area contributed by atoms with E-state index in [1.165, 1.54) is 0 Å². The van der Waals surface area contributed by atoms with Crippen molar-refractivity contribution in [2.75, 3.05) is 51.5 Å². The van der Waals surface area contributed by atoms with Crippen LogP contribution in [0.15, 0.2) is 78.0 Å². The zero-order valence-electron chi connectivity index (χ0n) is 29.7. The van der Waals surface area contributed by atoms with E-state index in [2.05, 4.69) is 37.6 Å². The number of unbranched alkanes of at least 4 members (excludes halogenated alkanes) is 1. The van der Waals surface area contributed by atoms with Gasteiger partial charge in [-0.2, -0.15) is 5.10 Å². The molecule has 4 aromatic rings. The molecule has 2 N–H and O–H groups in total. The number of carboxylic acids is 1. The third-order valence-electron chi connectivity index (χ3n) is 8.81. The summed E-state index contributed by atoms with van der Waals surface area (Å²) in [5.74, 6) is 0.147. The van der Waals surface area contributed by atoms with Crippen molar-refractivity contribution in [3.05, 3.63) is 94.8 Å². The molecule has 0 saturated carbocycles. The molecule has 1 aliphatic rings. The van der Waals surface area contributed by atoms with Crippen molar-refractivity contribution < 1.29 is 28.7 Å². The number of carbonyl (C=O) groups excluding carboxylic acids is 2. The second-order valence-corrected chi connectivity index (χ2v) is 15.4. The van der Waals surface area contributed by atoms with Gasteiger partial charge in [-0.15, -0.1) is 11.8 Å². The number of ether oxygens (including phenoxy) is 1. The summed E-state index contributed by atoms with van der Waals surface area (Å²) in [6.07, 6.45) is 6.73. The van der Waals surface area contributed by atoms with Crippen LogP contribution in [0.4, 0.5) is 5.69 Å². The Morgan fingerprint density at radius 3 is 2.63 bits per heavy atom. The summed E-state index contributed by atoms with van der Waals surface area (Å²) in [6.45, 7) is 4.35. The van der Waals surface area contributed by atoms with Crippen LogP contribution >= 0.6 is 23.4 Å². The fourth-order valence-electron chi connectivity index (χ4n) is 6.04. The Hall–Kier alpha value is -4.32. The largest absolute Gasteiger partial charge is 0.493 e. The standard InChI is InChI=1S/C39H46ClN5O5S/c1-27-32(40)14-9-17-35(27)50-21-10-18-36(46)44-19-22-51-37-31(13-8-16-34(37)44)30-24-41-43(26-30)25-28-11-7-12-29(23-28)38(47)42-33(39(48)49)15-5-6-20-45(2,3)4/h7-9,11-14,16-17,23-24,26,33H,5-6,10,15,18-22,25H2,1-4H3,(H-,42,47,48,49)/p+1/t33-/m0/s1. The third-order valence-corrected chi connectivity index (χ3v) is 10.3. The minimum Gasteiger partial charge on any atom is -0.493 e. The normalized spacial score (nSPS) is 13.4. The summed E-state index contributed by atoms with van der Waals surface area (Å²) < 4.78 is 8.53. The van der Waals surface area contributed by atoms with E-state index in [-0.39, 0.29) is 5.91 Å². The number of nitrogens with zero attached hydrogens (tertiary/aromatic N) is 4. The highest BCUT2D eigenvalue weighted by Gasteiger charge is 2.26. The zero-order valence-corrected chi connectivity index (χ0v) is 31.3. The van der Waals surface area contributed by atoms with Gasteiger partial charge in [0.25, 0.3) is 5.91 Å². The van der Waals surface area contributed by atoms with Gasteiger partial charge >= 0.3 is 5.97 Å². The Labute approximate surface area is 309 Å². The molecular weight excluding hydrogens is 686 g/mol. The first-order valence-electron chi connectivity index (χ1n) is 17.3. The lowest BCUT2D eigenvalue weighted by molar-refractivity contribution is -0.870. The number of halogens is 1. The van der Waals surface area contributed by atoms with Crippen LogP contribution in [-0.4, -0.2) is 89.8 Å². The van der Waals surface area contributed by atoms with Gasteiger partial charge in [-0.05, 0) is 68.5 Å². The van der Waals surface area contributed by atoms with Gasteiger partial charge in [0, 0.05) is 57.1 Å². The molecule has 1 aromatic heterocycles. The first-order valence-corrected chi connectivity index (χ1v) is 18.7. The molecule has 2 amide bonds. The number of quaternary nitrogens is 1. The van der Waals surface area contributed by atoms with Gasteiger partial charge in [0.1, 0.15) is 11.8 Å². The van der Waals surface area contributed by atoms with E-state index in [4.69, 9.17) is 16.3 Å². The third kappa shape index (κ3) is 10.4. The van der Waals surface area contributed by atoms with Crippen molar-refractivity contribution >= 4 is 46.8 Å². The molecule has 0 bridgehead atoms. The Balaban J connectivity index is 1.20. The molecule has 0 unspecified atom stereocenters. The highest BCUT2D eigenvalue weighted by molar-refractivity contribution is 7.99. The summed E-state index contributed by atoms with van der Waals surface area (Å²) >= 11 is 7.94. The van der Waals surface area contributed by atoms with Gasteiger partial charge in [0.05, 0.1) is 52.7 Å². The van der Waals surface area contributed by atoms with Crippen molar-refractivity contribution in [1.29, 1.82) is 0 Å². The average Bonchev–Trinajstić information content (AvgIpc) is 3.56. The summed E-state index contributed by atoms with van der Waals surface area (Å²) in [5.41, 5.74) is 5.00. The van der Waals surface area contributed by atoms with Crippen LogP contribution in [0, 0.1) is 6.92 Å². The number of nitrogens with one attached hydrogen (secondary N) is 1. The van der Waals surface area contributed by atoms with Crippen LogP contribution in [0.25, 0.3) is 11.1 Å². The second kappa shape index (κ2) is 17.3. The van der Waals surface area contributed by atoms with Gasteiger partial charge in [0.15, 0.2) is 0 Å². The van der Waals surface area contributed by atoms with Crippen LogP contribution in [0.1, 0.15) is 53.6 Å². The number of amides is 2. The highest BCUT2D eigenvalue weighted by Crippen LogP contribution is 2.42. The van der Waals surface area contributed by atoms with Gasteiger partial charge in [-0.1, -0.05) is 41.9 Å². The molecule has 0 aliphatic carbocycles. The van der Waals surface area contributed by atoms with Crippen LogP contribution in [0.5, 0.6) is 5.75 Å². The van der Waals surface area contributed by atoms with E-state index >= 15 is 0 Å². The predicted octanol–water partition coefficient (Wildman–Crippen LogP) is 6.92. The molecule has 51 heavy (non-hydrogen) atoms. The smallest absolute Gasteiger partial charge is 0.326 e. The number of benzene rings is 3. The van der Waals surface area contributed by atoms with E-state index < -0.39 is 17.9 Å². The molecule has 0 saturated heterocycles. The minimum absolute atomic E-state index is 0.0641. The Morgan fingerprint density at radius 2 is 1.84 bits per heavy atom. The van der Waals surface area contributed by atoms with Gasteiger partial charge in [-0.3, -0.25) is 14.3 Å². The van der Waals surface area contributed by atoms with Crippen LogP contribution in [-0.2, 0) is 16.1 Å². The van der Waals surface area contributed by atoms with E-state index in [0.717, 1.165) is 61.8 Å². The first kappa shape index (κ1) is 37.9. The Morgan fingerprint density at radius 1 is 1.06 bits per heavy atom. The molecule has 5 rings (SSSR count). The molecule has 1 atom stereocenters. The Kier molecular flexibility index (Phi) is 12.8. The van der Waals surface area contributed by atoms with Crippen molar-refractivity contribution in [1.82, 2.24) is 15.1 Å². The van der Waals surface area contributed by atoms with Crippen molar-refractivity contribution in [3.8, 4) is 16.9 Å². The second-order valence-electron chi connectivity index (χ2n) is 13.9. The average molecular weight is 733 g/mol. The number of hydrogen-bond donors (Lipinski definition) is 2. The summed E-state index contributed by atoms with van der Waals surface area (Å²) in [5, 5.41) is 17.7. The topological polar surface area (TPSA) is 114 Å². The van der Waals surface area contributed by atoms with E-state index in [9.17, 15) is 19.5 Å². The molecule has 3 aromatic carbocycles. The van der Waals surface area contributed by atoms with Gasteiger partial charge < -0.3 is 24.5 Å². The number of aromatic nitrogens is 2. The van der Waals surface area contributed by atoms with Crippen molar-refractivity contribution in [2.45, 2.75) is 56.5 Å². The number of carbonyl (C=O) groups is 3. The SMILES string of the molecule is Cc1c(Cl)cccc1OCCCC(=O)N1CCSc2c(-c3cnn(Cc4cccc(C(=O)N[C@@H](CCCC[N+](C)(C)C)C(=O)O)c4)c3)cccc21. The zero-order chi connectivity index (χ0) is 36.5. The molecule has 0 radical (unpaired) electrons. The van der Waals surface area contributed by atoms with Gasteiger partial charge in [0.2, 0.25) is 5.91 Å². The monoisotopic (exact) mass is 732 g/mol. The number of hydrogen-bond acceptors (Lipinski definition) is 6. The van der Waals surface area contributed by atoms with E-state index in [1.807, 2.05) is 65.3 Å². The maximum atomic E-state index is 13.4. The number of thioether (sulfide) groups is 1. The van der Waals surface area contributed by atoms with Crippen LogP contribution < -0.4 is 15.0 Å². The maximum Gasteiger partial charge on any atom is 0.326 e. The lowest BCUT2D eigenvalue weighted by Gasteiger charge is -2.30. The fourth-order valence-corrected chi connectivity index (χ4v) is 7.35. The van der Waals surface area contributed by atoms with E-state index in [0.29, 0.717) is 56.0 Å². The first-order chi connectivity index (χ1) is 24.4. The number of rotatable bonds is 16. The quantitative estimate of drug-likeness (QED) is 0.0950. The molecule has 0 fully saturated rings. The lowest BCUT2D eigenvalue weighted by atomic mass is 10.1. The van der Waals surface area contributed by atoms with Crippen LogP contribution in [0.2, 0.25) is 5.02 Å². The predicted molar refractivity (Wildman–Crippen MR) is 203 cm³/mol. The number of aliphatic carboxylic acids is 1. The van der Waals surface area contributed by atoms with Crippen molar-refractivity contribution in [2.24, 2.45) is 0 Å². The van der Waals surface area contributed by atoms with Crippen LogP contribution in [0.3, 0.4) is 0 Å². The lowest BCUT2D eigenvalue weighted by Crippen LogP contribution is -2.41. The minimum atomic E-state index is -1.03.